The highest BCUT2D eigenvalue weighted by molar-refractivity contribution is 6.11. The number of hydrogen-bond donors (Lipinski definition) is 0. The number of carbonyl (C=O) groups is 1. The van der Waals surface area contributed by atoms with Crippen molar-refractivity contribution in [2.24, 2.45) is 0 Å². The van der Waals surface area contributed by atoms with Crippen LogP contribution in [-0.4, -0.2) is 41.8 Å². The number of benzene rings is 2. The Morgan fingerprint density at radius 3 is 1.38 bits per heavy atom. The predicted octanol–water partition coefficient (Wildman–Crippen LogP) is 6.64. The van der Waals surface area contributed by atoms with Gasteiger partial charge in [-0.25, -0.2) is 0 Å². The van der Waals surface area contributed by atoms with Crippen LogP contribution in [0.2, 0.25) is 0 Å². The van der Waals surface area contributed by atoms with Crippen molar-refractivity contribution in [2.75, 3.05) is 26.2 Å². The van der Waals surface area contributed by atoms with E-state index in [9.17, 15) is 4.79 Å². The number of hydrogen-bond acceptors (Lipinski definition) is 3. The molecule has 2 saturated heterocycles. The Bertz CT molecular complexity index is 942. The molecule has 2 heterocycles. The summed E-state index contributed by atoms with van der Waals surface area (Å²) in [4.78, 5) is 19.2. The summed E-state index contributed by atoms with van der Waals surface area (Å²) < 4.78 is 0. The Hall–Kier alpha value is -1.97. The summed E-state index contributed by atoms with van der Waals surface area (Å²) in [6, 6.07) is 13.6. The van der Waals surface area contributed by atoms with Gasteiger partial charge in [0.25, 0.3) is 0 Å². The second-order valence-electron chi connectivity index (χ2n) is 11.4. The predicted molar refractivity (Wildman–Crippen MR) is 139 cm³/mol. The van der Waals surface area contributed by atoms with Crippen molar-refractivity contribution >= 4 is 5.78 Å². The molecule has 2 aliphatic carbocycles. The molecule has 0 unspecified atom stereocenters. The largest absolute Gasteiger partial charge is 0.299 e. The zero-order valence-electron chi connectivity index (χ0n) is 20.7. The molecule has 34 heavy (non-hydrogen) atoms. The summed E-state index contributed by atoms with van der Waals surface area (Å²) >= 11 is 0. The van der Waals surface area contributed by atoms with Gasteiger partial charge >= 0.3 is 0 Å². The highest BCUT2D eigenvalue weighted by atomic mass is 16.1. The number of carbonyl (C=O) groups excluding carboxylic acids is 1. The lowest BCUT2D eigenvalue weighted by atomic mass is 9.74. The van der Waals surface area contributed by atoms with Gasteiger partial charge in [0.1, 0.15) is 0 Å². The van der Waals surface area contributed by atoms with E-state index in [0.717, 1.165) is 24.2 Å². The van der Waals surface area contributed by atoms with Gasteiger partial charge in [0.15, 0.2) is 5.78 Å². The molecular weight excluding hydrogens is 416 g/mol. The molecule has 4 aliphatic rings. The van der Waals surface area contributed by atoms with E-state index in [1.807, 2.05) is 0 Å². The molecule has 0 bridgehead atoms. The van der Waals surface area contributed by atoms with Gasteiger partial charge in [-0.3, -0.25) is 14.6 Å². The van der Waals surface area contributed by atoms with Crippen LogP contribution in [0.1, 0.15) is 114 Å². The molecule has 2 aromatic rings. The van der Waals surface area contributed by atoms with Crippen LogP contribution in [0.15, 0.2) is 36.4 Å². The summed E-state index contributed by atoms with van der Waals surface area (Å²) in [6.45, 7) is 6.93. The molecule has 2 aliphatic heterocycles. The van der Waals surface area contributed by atoms with E-state index < -0.39 is 0 Å². The lowest BCUT2D eigenvalue weighted by Gasteiger charge is -2.30. The molecule has 4 fully saturated rings. The van der Waals surface area contributed by atoms with Gasteiger partial charge in [0.05, 0.1) is 0 Å². The molecule has 0 radical (unpaired) electrons. The fraction of sp³-hybridized carbons (Fsp3) is 0.581. The van der Waals surface area contributed by atoms with Gasteiger partial charge in [-0.15, -0.1) is 0 Å². The van der Waals surface area contributed by atoms with Crippen LogP contribution in [-0.2, 0) is 13.1 Å². The van der Waals surface area contributed by atoms with Gasteiger partial charge in [-0.05, 0) is 112 Å². The standard InChI is InChI=1S/C31H40N2O/c34-31(27-13-11-23(21-32-15-1-2-16-32)19-29(27)25-7-5-8-25)28-14-12-24(22-33-17-3-4-18-33)20-30(28)26-9-6-10-26/h11-14,19-20,25-26H,1-10,15-18,21-22H2. The topological polar surface area (TPSA) is 23.6 Å². The van der Waals surface area contributed by atoms with E-state index in [0.29, 0.717) is 11.8 Å². The molecule has 3 heteroatoms. The molecule has 0 amide bonds. The Morgan fingerprint density at radius 1 is 0.618 bits per heavy atom. The molecule has 0 atom stereocenters. The van der Waals surface area contributed by atoms with E-state index in [-0.39, 0.29) is 5.78 Å². The molecule has 2 aromatic carbocycles. The fourth-order valence-electron chi connectivity index (χ4n) is 6.49. The molecule has 2 saturated carbocycles. The first-order chi connectivity index (χ1) is 16.7. The highest BCUT2D eigenvalue weighted by Crippen LogP contribution is 2.42. The van der Waals surface area contributed by atoms with Crippen molar-refractivity contribution < 1.29 is 4.79 Å². The van der Waals surface area contributed by atoms with Gasteiger partial charge in [0, 0.05) is 24.2 Å². The van der Waals surface area contributed by atoms with E-state index >= 15 is 0 Å². The minimum absolute atomic E-state index is 0.268. The molecule has 6 rings (SSSR count). The molecule has 0 spiro atoms. The summed E-state index contributed by atoms with van der Waals surface area (Å²) in [6.07, 6.45) is 12.8. The summed E-state index contributed by atoms with van der Waals surface area (Å²) in [5.41, 5.74) is 7.38. The summed E-state index contributed by atoms with van der Waals surface area (Å²) in [5.74, 6) is 1.40. The monoisotopic (exact) mass is 456 g/mol. The third kappa shape index (κ3) is 4.62. The van der Waals surface area contributed by atoms with Crippen LogP contribution in [0.3, 0.4) is 0 Å². The van der Waals surface area contributed by atoms with Crippen LogP contribution in [0.5, 0.6) is 0 Å². The Kier molecular flexibility index (Phi) is 6.58. The number of rotatable bonds is 8. The zero-order chi connectivity index (χ0) is 22.9. The average Bonchev–Trinajstić information content (AvgIpc) is 3.46. The SMILES string of the molecule is O=C(c1ccc(CN2CCCC2)cc1C1CCC1)c1ccc(CN2CCCC2)cc1C1CCC1. The Labute approximate surface area is 205 Å². The highest BCUT2D eigenvalue weighted by Gasteiger charge is 2.29. The van der Waals surface area contributed by atoms with Gasteiger partial charge in [-0.1, -0.05) is 49.2 Å². The molecule has 3 nitrogen and oxygen atoms in total. The maximum absolute atomic E-state index is 14.1. The van der Waals surface area contributed by atoms with Gasteiger partial charge < -0.3 is 0 Å². The molecule has 0 aromatic heterocycles. The van der Waals surface area contributed by atoms with Crippen LogP contribution >= 0.6 is 0 Å². The minimum Gasteiger partial charge on any atom is -0.299 e. The van der Waals surface area contributed by atoms with Crippen molar-refractivity contribution in [3.63, 3.8) is 0 Å². The van der Waals surface area contributed by atoms with Crippen LogP contribution < -0.4 is 0 Å². The number of nitrogens with zero attached hydrogens (tertiary/aromatic N) is 2. The molecule has 180 valence electrons. The van der Waals surface area contributed by atoms with Crippen molar-refractivity contribution in [3.05, 3.63) is 69.8 Å². The van der Waals surface area contributed by atoms with Crippen LogP contribution in [0, 0.1) is 0 Å². The molecule has 0 N–H and O–H groups in total. The van der Waals surface area contributed by atoms with E-state index in [4.69, 9.17) is 0 Å². The van der Waals surface area contributed by atoms with Crippen LogP contribution in [0.25, 0.3) is 0 Å². The van der Waals surface area contributed by atoms with E-state index in [1.165, 1.54) is 113 Å². The first-order valence-electron chi connectivity index (χ1n) is 14.0. The lowest BCUT2D eigenvalue weighted by Crippen LogP contribution is -2.21. The third-order valence-corrected chi connectivity index (χ3v) is 9.02. The number of ketones is 1. The minimum atomic E-state index is 0.268. The maximum atomic E-state index is 14.1. The smallest absolute Gasteiger partial charge is 0.193 e. The van der Waals surface area contributed by atoms with E-state index in [2.05, 4.69) is 46.2 Å². The van der Waals surface area contributed by atoms with E-state index in [1.54, 1.807) is 0 Å². The van der Waals surface area contributed by atoms with Crippen molar-refractivity contribution in [2.45, 2.75) is 89.1 Å². The summed E-state index contributed by atoms with van der Waals surface area (Å²) in [7, 11) is 0. The Balaban J connectivity index is 1.30. The first-order valence-corrected chi connectivity index (χ1v) is 14.0. The lowest BCUT2D eigenvalue weighted by molar-refractivity contribution is 0.103. The normalized spacial score (nSPS) is 22.1. The Morgan fingerprint density at radius 2 is 1.03 bits per heavy atom. The summed E-state index contributed by atoms with van der Waals surface area (Å²) in [5, 5.41) is 0. The van der Waals surface area contributed by atoms with Gasteiger partial charge in [-0.2, -0.15) is 0 Å². The van der Waals surface area contributed by atoms with Crippen molar-refractivity contribution in [3.8, 4) is 0 Å². The van der Waals surface area contributed by atoms with Crippen molar-refractivity contribution in [1.29, 1.82) is 0 Å². The zero-order valence-corrected chi connectivity index (χ0v) is 20.7. The molecular formula is C31H40N2O. The average molecular weight is 457 g/mol. The van der Waals surface area contributed by atoms with Crippen molar-refractivity contribution in [1.82, 2.24) is 9.80 Å². The fourth-order valence-corrected chi connectivity index (χ4v) is 6.49. The van der Waals surface area contributed by atoms with Gasteiger partial charge in [0.2, 0.25) is 0 Å². The quantitative estimate of drug-likeness (QED) is 0.416. The number of likely N-dealkylation sites (tertiary alicyclic amines) is 2. The van der Waals surface area contributed by atoms with Crippen LogP contribution in [0.4, 0.5) is 0 Å². The maximum Gasteiger partial charge on any atom is 0.193 e. The second kappa shape index (κ2) is 9.95. The first kappa shape index (κ1) is 22.5. The second-order valence-corrected chi connectivity index (χ2v) is 11.4. The third-order valence-electron chi connectivity index (χ3n) is 9.02.